The highest BCUT2D eigenvalue weighted by atomic mass is 16.5. The Labute approximate surface area is 176 Å². The molecule has 0 aliphatic rings. The first-order chi connectivity index (χ1) is 14.3. The number of benzene rings is 1. The third-order valence-electron chi connectivity index (χ3n) is 4.01. The van der Waals surface area contributed by atoms with Gasteiger partial charge in [0.2, 0.25) is 11.8 Å². The molecular formula is C21H29N5O4. The number of carbonyl (C=O) groups is 3. The number of nitrogens with one attached hydrogen (secondary N) is 1. The van der Waals surface area contributed by atoms with E-state index in [9.17, 15) is 14.4 Å². The van der Waals surface area contributed by atoms with Gasteiger partial charge in [-0.2, -0.15) is 0 Å². The molecule has 1 aromatic heterocycles. The molecule has 0 radical (unpaired) electrons. The number of carbonyl (C=O) groups excluding carboxylic acids is 3. The van der Waals surface area contributed by atoms with Gasteiger partial charge in [-0.15, -0.1) is 0 Å². The molecule has 3 amide bonds. The van der Waals surface area contributed by atoms with Gasteiger partial charge >= 0.3 is 6.09 Å². The molecule has 1 aromatic carbocycles. The average Bonchev–Trinajstić information content (AvgIpc) is 2.76. The van der Waals surface area contributed by atoms with E-state index >= 15 is 0 Å². The number of hydrogen-bond donors (Lipinski definition) is 4. The number of aryl methyl sites for hydroxylation is 1. The van der Waals surface area contributed by atoms with Crippen LogP contribution in [0.4, 0.5) is 4.79 Å². The number of nitrogens with zero attached hydrogens (tertiary/aromatic N) is 1. The van der Waals surface area contributed by atoms with Crippen LogP contribution in [-0.2, 0) is 33.9 Å². The van der Waals surface area contributed by atoms with E-state index in [1.807, 2.05) is 36.4 Å². The van der Waals surface area contributed by atoms with Crippen LogP contribution in [0, 0.1) is 0 Å². The molecule has 0 aliphatic heterocycles. The molecule has 2 rings (SSSR count). The molecule has 0 bridgehead atoms. The third-order valence-corrected chi connectivity index (χ3v) is 4.01. The Morgan fingerprint density at radius 2 is 1.77 bits per heavy atom. The lowest BCUT2D eigenvalue weighted by Crippen LogP contribution is -2.36. The summed E-state index contributed by atoms with van der Waals surface area (Å²) in [6.45, 7) is 2.28. The van der Waals surface area contributed by atoms with E-state index in [1.165, 1.54) is 5.56 Å². The normalized spacial score (nSPS) is 10.9. The number of pyridine rings is 1. The Bertz CT molecular complexity index is 797. The molecule has 1 heterocycles. The van der Waals surface area contributed by atoms with Crippen molar-refractivity contribution in [3.05, 3.63) is 65.5 Å². The van der Waals surface area contributed by atoms with Gasteiger partial charge < -0.3 is 27.3 Å². The number of rotatable bonds is 9. The zero-order valence-corrected chi connectivity index (χ0v) is 17.0. The van der Waals surface area contributed by atoms with E-state index in [-0.39, 0.29) is 12.5 Å². The van der Waals surface area contributed by atoms with Crippen molar-refractivity contribution >= 4 is 17.9 Å². The zero-order valence-electron chi connectivity index (χ0n) is 17.0. The molecule has 9 nitrogen and oxygen atoms in total. The van der Waals surface area contributed by atoms with Crippen molar-refractivity contribution in [2.45, 2.75) is 45.4 Å². The number of aromatic nitrogens is 1. The summed E-state index contributed by atoms with van der Waals surface area (Å²) in [6, 6.07) is 12.9. The number of primary amides is 2. The lowest BCUT2D eigenvalue weighted by molar-refractivity contribution is -0.121. The number of ether oxygens (including phenoxy) is 1. The van der Waals surface area contributed by atoms with Gasteiger partial charge in [0.25, 0.3) is 0 Å². The van der Waals surface area contributed by atoms with Crippen molar-refractivity contribution in [3.8, 4) is 0 Å². The first kappa shape index (κ1) is 24.6. The van der Waals surface area contributed by atoms with E-state index in [1.54, 1.807) is 19.2 Å². The Hall–Kier alpha value is -3.46. The summed E-state index contributed by atoms with van der Waals surface area (Å²) in [5.41, 5.74) is 18.0. The van der Waals surface area contributed by atoms with Crippen molar-refractivity contribution in [2.75, 3.05) is 0 Å². The molecule has 0 saturated carbocycles. The summed E-state index contributed by atoms with van der Waals surface area (Å²) in [6.07, 6.45) is 2.66. The predicted molar refractivity (Wildman–Crippen MR) is 113 cm³/mol. The molecule has 162 valence electrons. The second-order valence-corrected chi connectivity index (χ2v) is 6.43. The van der Waals surface area contributed by atoms with Gasteiger partial charge in [0.15, 0.2) is 0 Å². The molecule has 1 atom stereocenters. The molecule has 0 spiro atoms. The minimum Gasteiger partial charge on any atom is -0.443 e. The molecule has 30 heavy (non-hydrogen) atoms. The summed E-state index contributed by atoms with van der Waals surface area (Å²) in [5.74, 6) is -0.443. The van der Waals surface area contributed by atoms with Crippen molar-refractivity contribution in [2.24, 2.45) is 17.2 Å². The van der Waals surface area contributed by atoms with E-state index in [4.69, 9.17) is 17.2 Å². The predicted octanol–water partition coefficient (Wildman–Crippen LogP) is 1.13. The van der Waals surface area contributed by atoms with Gasteiger partial charge in [0, 0.05) is 19.2 Å². The topological polar surface area (TPSA) is 163 Å². The maximum absolute atomic E-state index is 11.0. The Kier molecular flexibility index (Phi) is 11.2. The fraction of sp³-hybridized carbons (Fsp3) is 0.333. The number of amides is 3. The fourth-order valence-electron chi connectivity index (χ4n) is 2.22. The summed E-state index contributed by atoms with van der Waals surface area (Å²) >= 11 is 0. The smallest absolute Gasteiger partial charge is 0.404 e. The van der Waals surface area contributed by atoms with E-state index in [0.717, 1.165) is 12.0 Å². The van der Waals surface area contributed by atoms with Crippen LogP contribution in [0.15, 0.2) is 48.7 Å². The minimum absolute atomic E-state index is 0.00821. The third kappa shape index (κ3) is 10.8. The summed E-state index contributed by atoms with van der Waals surface area (Å²) in [5, 5.41) is 2.73. The van der Waals surface area contributed by atoms with Crippen LogP contribution in [-0.4, -0.2) is 28.9 Å². The summed E-state index contributed by atoms with van der Waals surface area (Å²) in [7, 11) is 0. The van der Waals surface area contributed by atoms with Crippen LogP contribution in [0.25, 0.3) is 0 Å². The number of hydrogen-bond acceptors (Lipinski definition) is 6. The van der Waals surface area contributed by atoms with Crippen LogP contribution in [0.1, 0.15) is 36.6 Å². The molecule has 9 heteroatoms. The van der Waals surface area contributed by atoms with Crippen molar-refractivity contribution in [1.82, 2.24) is 10.3 Å². The van der Waals surface area contributed by atoms with Crippen LogP contribution >= 0.6 is 0 Å². The minimum atomic E-state index is -0.828. The maximum Gasteiger partial charge on any atom is 0.404 e. The molecule has 0 saturated heterocycles. The first-order valence-electron chi connectivity index (χ1n) is 9.53. The van der Waals surface area contributed by atoms with E-state index < -0.39 is 18.0 Å². The molecule has 7 N–H and O–H groups in total. The second kappa shape index (κ2) is 13.7. The summed E-state index contributed by atoms with van der Waals surface area (Å²) in [4.78, 5) is 36.1. The molecule has 0 fully saturated rings. The van der Waals surface area contributed by atoms with Crippen LogP contribution in [0.3, 0.4) is 0 Å². The fourth-order valence-corrected chi connectivity index (χ4v) is 2.22. The lowest BCUT2D eigenvalue weighted by Gasteiger charge is -2.06. The highest BCUT2D eigenvalue weighted by Crippen LogP contribution is 2.03. The molecular weight excluding hydrogens is 386 g/mol. The highest BCUT2D eigenvalue weighted by Gasteiger charge is 2.08. The highest BCUT2D eigenvalue weighted by molar-refractivity contribution is 5.79. The quantitative estimate of drug-likeness (QED) is 0.479. The van der Waals surface area contributed by atoms with Gasteiger partial charge in [-0.1, -0.05) is 43.3 Å². The largest absolute Gasteiger partial charge is 0.443 e. The van der Waals surface area contributed by atoms with Crippen LogP contribution in [0.2, 0.25) is 0 Å². The van der Waals surface area contributed by atoms with Gasteiger partial charge in [-0.3, -0.25) is 14.6 Å². The van der Waals surface area contributed by atoms with Crippen LogP contribution in [0.5, 0.6) is 0 Å². The van der Waals surface area contributed by atoms with E-state index in [0.29, 0.717) is 25.1 Å². The molecule has 2 aromatic rings. The van der Waals surface area contributed by atoms with E-state index in [2.05, 4.69) is 15.0 Å². The molecule has 0 unspecified atom stereocenters. The second-order valence-electron chi connectivity index (χ2n) is 6.43. The van der Waals surface area contributed by atoms with Gasteiger partial charge in [-0.05, 0) is 30.0 Å². The van der Waals surface area contributed by atoms with Gasteiger partial charge in [-0.25, -0.2) is 4.79 Å². The van der Waals surface area contributed by atoms with Crippen LogP contribution < -0.4 is 22.5 Å². The average molecular weight is 415 g/mol. The Morgan fingerprint density at radius 1 is 1.07 bits per heavy atom. The monoisotopic (exact) mass is 415 g/mol. The Morgan fingerprint density at radius 3 is 2.30 bits per heavy atom. The van der Waals surface area contributed by atoms with Crippen molar-refractivity contribution < 1.29 is 19.1 Å². The van der Waals surface area contributed by atoms with Gasteiger partial charge in [0.1, 0.15) is 6.61 Å². The summed E-state index contributed by atoms with van der Waals surface area (Å²) < 4.78 is 4.59. The standard InChI is InChI=1S/C11H15N3O3.C10H14N2O/c1-2-10(15)14-6-8-3-4-9(13-5-8)7-17-11(12)16;11-9(10(12)13)7-6-8-4-2-1-3-5-8/h3-5H,2,6-7H2,1H3,(H2,12,16)(H,14,15);1-5,9H,6-7,11H2,(H2,12,13)/t;9-/m.1/s1. The first-order valence-corrected chi connectivity index (χ1v) is 9.53. The number of nitrogens with two attached hydrogens (primary N) is 3. The SMILES string of the molecule is CCC(=O)NCc1ccc(COC(N)=O)nc1.NC(=O)[C@H](N)CCc1ccccc1. The maximum atomic E-state index is 11.0. The zero-order chi connectivity index (χ0) is 22.4. The van der Waals surface area contributed by atoms with Crippen molar-refractivity contribution in [1.29, 1.82) is 0 Å². The van der Waals surface area contributed by atoms with Crippen molar-refractivity contribution in [3.63, 3.8) is 0 Å². The molecule has 0 aliphatic carbocycles. The Balaban J connectivity index is 0.000000311. The lowest BCUT2D eigenvalue weighted by atomic mass is 10.1. The van der Waals surface area contributed by atoms with Gasteiger partial charge in [0.05, 0.1) is 11.7 Å².